The molecule has 3 heterocycles. The first-order valence-corrected chi connectivity index (χ1v) is 9.74. The number of rotatable bonds is 7. The van der Waals surface area contributed by atoms with E-state index in [4.69, 9.17) is 9.47 Å². The standard InChI is InChI=1S/C20H27N5O2/c1-2-3-7-21-19-6-8-22-20(23-19)25-11-9-24(10-12-25)14-16-4-5-17-18(13-16)27-15-26-17/h4-6,8,13H,2-3,7,9-12,14-15H2,1H3,(H,21,22,23). The molecule has 0 atom stereocenters. The van der Waals surface area contributed by atoms with Crippen molar-refractivity contribution in [3.63, 3.8) is 0 Å². The molecule has 1 aromatic carbocycles. The lowest BCUT2D eigenvalue weighted by Crippen LogP contribution is -2.46. The van der Waals surface area contributed by atoms with Crippen LogP contribution < -0.4 is 19.7 Å². The van der Waals surface area contributed by atoms with Crippen LogP contribution in [0.2, 0.25) is 0 Å². The molecule has 0 spiro atoms. The molecule has 2 aliphatic rings. The summed E-state index contributed by atoms with van der Waals surface area (Å²) in [7, 11) is 0. The molecule has 0 bridgehead atoms. The van der Waals surface area contributed by atoms with E-state index in [2.05, 4.69) is 44.1 Å². The summed E-state index contributed by atoms with van der Waals surface area (Å²) in [4.78, 5) is 13.9. The molecule has 1 fully saturated rings. The van der Waals surface area contributed by atoms with E-state index >= 15 is 0 Å². The monoisotopic (exact) mass is 369 g/mol. The first-order valence-electron chi connectivity index (χ1n) is 9.74. The summed E-state index contributed by atoms with van der Waals surface area (Å²) in [6, 6.07) is 8.14. The van der Waals surface area contributed by atoms with Gasteiger partial charge in [-0.05, 0) is 30.2 Å². The average molecular weight is 369 g/mol. The van der Waals surface area contributed by atoms with Crippen LogP contribution in [0, 0.1) is 0 Å². The quantitative estimate of drug-likeness (QED) is 0.753. The van der Waals surface area contributed by atoms with Crippen LogP contribution in [-0.4, -0.2) is 54.4 Å². The van der Waals surface area contributed by atoms with Crippen molar-refractivity contribution in [1.82, 2.24) is 14.9 Å². The highest BCUT2D eigenvalue weighted by atomic mass is 16.7. The molecule has 7 nitrogen and oxygen atoms in total. The molecule has 0 radical (unpaired) electrons. The van der Waals surface area contributed by atoms with E-state index in [-0.39, 0.29) is 0 Å². The zero-order chi connectivity index (χ0) is 18.5. The fraction of sp³-hybridized carbons (Fsp3) is 0.500. The van der Waals surface area contributed by atoms with Crippen LogP contribution in [0.3, 0.4) is 0 Å². The summed E-state index contributed by atoms with van der Waals surface area (Å²) in [5.41, 5.74) is 1.26. The molecule has 0 unspecified atom stereocenters. The van der Waals surface area contributed by atoms with Gasteiger partial charge in [0, 0.05) is 45.5 Å². The Balaban J connectivity index is 1.30. The molecule has 7 heteroatoms. The second-order valence-electron chi connectivity index (χ2n) is 6.97. The van der Waals surface area contributed by atoms with Crippen molar-refractivity contribution in [3.8, 4) is 11.5 Å². The van der Waals surface area contributed by atoms with Crippen LogP contribution in [0.5, 0.6) is 11.5 Å². The van der Waals surface area contributed by atoms with Gasteiger partial charge < -0.3 is 19.7 Å². The van der Waals surface area contributed by atoms with Crippen molar-refractivity contribution in [3.05, 3.63) is 36.0 Å². The highest BCUT2D eigenvalue weighted by molar-refractivity contribution is 5.44. The minimum absolute atomic E-state index is 0.323. The van der Waals surface area contributed by atoms with Crippen LogP contribution in [-0.2, 0) is 6.54 Å². The van der Waals surface area contributed by atoms with Gasteiger partial charge >= 0.3 is 0 Å². The Kier molecular flexibility index (Phi) is 5.58. The summed E-state index contributed by atoms with van der Waals surface area (Å²) in [5.74, 6) is 3.43. The third-order valence-corrected chi connectivity index (χ3v) is 4.98. The Hall–Kier alpha value is -2.54. The lowest BCUT2D eigenvalue weighted by Gasteiger charge is -2.34. The second kappa shape index (κ2) is 8.43. The normalized spacial score (nSPS) is 16.6. The second-order valence-corrected chi connectivity index (χ2v) is 6.97. The number of nitrogens with one attached hydrogen (secondary N) is 1. The van der Waals surface area contributed by atoms with Gasteiger partial charge in [0.15, 0.2) is 11.5 Å². The number of hydrogen-bond acceptors (Lipinski definition) is 7. The zero-order valence-electron chi connectivity index (χ0n) is 15.9. The van der Waals surface area contributed by atoms with Crippen molar-refractivity contribution < 1.29 is 9.47 Å². The van der Waals surface area contributed by atoms with Gasteiger partial charge in [-0.15, -0.1) is 0 Å². The molecular formula is C20H27N5O2. The van der Waals surface area contributed by atoms with E-state index in [9.17, 15) is 0 Å². The summed E-state index contributed by atoms with van der Waals surface area (Å²) in [5, 5.41) is 3.38. The fourth-order valence-electron chi connectivity index (χ4n) is 3.40. The largest absolute Gasteiger partial charge is 0.454 e. The SMILES string of the molecule is CCCCNc1ccnc(N2CCN(Cc3ccc4c(c3)OCO4)CC2)n1. The van der Waals surface area contributed by atoms with Crippen LogP contribution in [0.15, 0.2) is 30.5 Å². The van der Waals surface area contributed by atoms with E-state index in [1.54, 1.807) is 0 Å². The topological polar surface area (TPSA) is 62.8 Å². The number of piperazine rings is 1. The van der Waals surface area contributed by atoms with Crippen LogP contribution in [0.4, 0.5) is 11.8 Å². The first-order chi connectivity index (χ1) is 13.3. The molecule has 1 aromatic heterocycles. The maximum absolute atomic E-state index is 5.48. The fourth-order valence-corrected chi connectivity index (χ4v) is 3.40. The van der Waals surface area contributed by atoms with Gasteiger partial charge in [-0.25, -0.2) is 4.98 Å². The van der Waals surface area contributed by atoms with Crippen LogP contribution in [0.25, 0.3) is 0 Å². The van der Waals surface area contributed by atoms with E-state index in [1.165, 1.54) is 12.0 Å². The zero-order valence-corrected chi connectivity index (χ0v) is 15.9. The highest BCUT2D eigenvalue weighted by Gasteiger charge is 2.20. The van der Waals surface area contributed by atoms with E-state index < -0.39 is 0 Å². The molecule has 2 aliphatic heterocycles. The molecule has 0 amide bonds. The number of fused-ring (bicyclic) bond motifs is 1. The molecular weight excluding hydrogens is 342 g/mol. The minimum Gasteiger partial charge on any atom is -0.454 e. The average Bonchev–Trinajstić information content (AvgIpc) is 3.17. The summed E-state index contributed by atoms with van der Waals surface area (Å²) >= 11 is 0. The Labute approximate surface area is 160 Å². The van der Waals surface area contributed by atoms with Gasteiger partial charge in [0.1, 0.15) is 5.82 Å². The Morgan fingerprint density at radius 1 is 1.07 bits per heavy atom. The smallest absolute Gasteiger partial charge is 0.231 e. The van der Waals surface area contributed by atoms with Gasteiger partial charge in [0.2, 0.25) is 12.7 Å². The maximum atomic E-state index is 5.48. The van der Waals surface area contributed by atoms with Gasteiger partial charge in [-0.1, -0.05) is 19.4 Å². The summed E-state index contributed by atoms with van der Waals surface area (Å²) in [6.45, 7) is 8.24. The molecule has 27 heavy (non-hydrogen) atoms. The minimum atomic E-state index is 0.323. The molecule has 1 saturated heterocycles. The van der Waals surface area contributed by atoms with E-state index in [1.807, 2.05) is 18.3 Å². The molecule has 2 aromatic rings. The van der Waals surface area contributed by atoms with Crippen molar-refractivity contribution in [2.45, 2.75) is 26.3 Å². The maximum Gasteiger partial charge on any atom is 0.231 e. The Morgan fingerprint density at radius 2 is 1.93 bits per heavy atom. The van der Waals surface area contributed by atoms with Crippen molar-refractivity contribution >= 4 is 11.8 Å². The van der Waals surface area contributed by atoms with Gasteiger partial charge in [-0.3, -0.25) is 4.90 Å². The molecule has 144 valence electrons. The number of nitrogens with zero attached hydrogens (tertiary/aromatic N) is 4. The predicted molar refractivity (Wildman–Crippen MR) is 105 cm³/mol. The van der Waals surface area contributed by atoms with Gasteiger partial charge in [0.25, 0.3) is 0 Å². The van der Waals surface area contributed by atoms with Gasteiger partial charge in [0.05, 0.1) is 0 Å². The first kappa shape index (κ1) is 17.9. The lowest BCUT2D eigenvalue weighted by molar-refractivity contribution is 0.174. The van der Waals surface area contributed by atoms with Crippen LogP contribution >= 0.6 is 0 Å². The van der Waals surface area contributed by atoms with Gasteiger partial charge in [-0.2, -0.15) is 4.98 Å². The number of aromatic nitrogens is 2. The highest BCUT2D eigenvalue weighted by Crippen LogP contribution is 2.32. The number of hydrogen-bond donors (Lipinski definition) is 1. The molecule has 0 saturated carbocycles. The number of unbranched alkanes of at least 4 members (excludes halogenated alkanes) is 1. The number of ether oxygens (including phenoxy) is 2. The van der Waals surface area contributed by atoms with Crippen molar-refractivity contribution in [2.24, 2.45) is 0 Å². The number of benzene rings is 1. The van der Waals surface area contributed by atoms with Crippen molar-refractivity contribution in [1.29, 1.82) is 0 Å². The van der Waals surface area contributed by atoms with E-state index in [0.29, 0.717) is 6.79 Å². The Bertz CT molecular complexity index is 762. The number of anilines is 2. The summed E-state index contributed by atoms with van der Waals surface area (Å²) < 4.78 is 10.9. The van der Waals surface area contributed by atoms with E-state index in [0.717, 1.165) is 69.0 Å². The lowest BCUT2D eigenvalue weighted by atomic mass is 10.1. The Morgan fingerprint density at radius 3 is 2.78 bits per heavy atom. The third-order valence-electron chi connectivity index (χ3n) is 4.98. The molecule has 0 aliphatic carbocycles. The third kappa shape index (κ3) is 4.42. The molecule has 4 rings (SSSR count). The van der Waals surface area contributed by atoms with Crippen LogP contribution in [0.1, 0.15) is 25.3 Å². The summed E-state index contributed by atoms with van der Waals surface area (Å²) in [6.07, 6.45) is 4.17. The van der Waals surface area contributed by atoms with Crippen molar-refractivity contribution in [2.75, 3.05) is 49.7 Å². The molecule has 1 N–H and O–H groups in total. The predicted octanol–water partition coefficient (Wildman–Crippen LogP) is 2.74.